The first kappa shape index (κ1) is 32.4. The zero-order chi connectivity index (χ0) is 32.6. The Labute approximate surface area is 254 Å². The summed E-state index contributed by atoms with van der Waals surface area (Å²) in [5, 5.41) is 72.6. The zero-order valence-corrected chi connectivity index (χ0v) is 23.9. The van der Waals surface area contributed by atoms with Gasteiger partial charge < -0.3 is 68.6 Å². The molecule has 16 nitrogen and oxygen atoms in total. The number of hydrogen-bond donors (Lipinski definition) is 7. The molecule has 5 rings (SSSR count). The molecule has 8 atom stereocenters. The summed E-state index contributed by atoms with van der Waals surface area (Å²) >= 11 is 0. The number of benzene rings is 2. The van der Waals surface area contributed by atoms with Crippen molar-refractivity contribution in [3.8, 4) is 34.3 Å². The molecule has 244 valence electrons. The van der Waals surface area contributed by atoms with Gasteiger partial charge >= 0.3 is 5.97 Å². The van der Waals surface area contributed by atoms with Gasteiger partial charge in [-0.25, -0.2) is 0 Å². The van der Waals surface area contributed by atoms with E-state index in [9.17, 15) is 45.3 Å². The molecule has 1 aromatic heterocycles. The smallest absolute Gasteiger partial charge is 0.302 e. The first-order chi connectivity index (χ1) is 21.3. The molecule has 0 amide bonds. The highest BCUT2D eigenvalue weighted by atomic mass is 16.8. The number of aliphatic hydroxyl groups is 5. The lowest BCUT2D eigenvalue weighted by atomic mass is 9.98. The fourth-order valence-corrected chi connectivity index (χ4v) is 4.98. The van der Waals surface area contributed by atoms with E-state index in [4.69, 9.17) is 32.8 Å². The summed E-state index contributed by atoms with van der Waals surface area (Å²) in [6.45, 7) is -0.763. The number of hydrogen-bond acceptors (Lipinski definition) is 16. The van der Waals surface area contributed by atoms with E-state index in [0.717, 1.165) is 19.1 Å². The average molecular weight is 637 g/mol. The van der Waals surface area contributed by atoms with E-state index in [2.05, 4.69) is 0 Å². The van der Waals surface area contributed by atoms with E-state index in [1.54, 1.807) is 0 Å². The van der Waals surface area contributed by atoms with E-state index >= 15 is 0 Å². The van der Waals surface area contributed by atoms with Gasteiger partial charge in [-0.2, -0.15) is 0 Å². The van der Waals surface area contributed by atoms with Gasteiger partial charge in [0.2, 0.25) is 6.29 Å². The second kappa shape index (κ2) is 12.8. The summed E-state index contributed by atoms with van der Waals surface area (Å²) in [6.07, 6.45) is -11.5. The Morgan fingerprint density at radius 3 is 2.44 bits per heavy atom. The molecule has 7 N–H and O–H groups in total. The lowest BCUT2D eigenvalue weighted by Crippen LogP contribution is -2.62. The number of methoxy groups -OCH3 is 1. The highest BCUT2D eigenvalue weighted by Crippen LogP contribution is 2.37. The van der Waals surface area contributed by atoms with Crippen molar-refractivity contribution >= 4 is 16.9 Å². The van der Waals surface area contributed by atoms with Gasteiger partial charge in [0.25, 0.3) is 0 Å². The predicted molar refractivity (Wildman–Crippen MR) is 148 cm³/mol. The maximum atomic E-state index is 12.9. The molecule has 0 bridgehead atoms. The molecule has 2 aliphatic rings. The fourth-order valence-electron chi connectivity index (χ4n) is 4.98. The van der Waals surface area contributed by atoms with E-state index in [1.807, 2.05) is 0 Å². The van der Waals surface area contributed by atoms with Gasteiger partial charge in [-0.3, -0.25) is 9.59 Å². The number of ether oxygens (including phenoxy) is 6. The quantitative estimate of drug-likeness (QED) is 0.141. The summed E-state index contributed by atoms with van der Waals surface area (Å²) in [6, 6.07) is 7.72. The minimum absolute atomic E-state index is 0.0286. The van der Waals surface area contributed by atoms with Gasteiger partial charge in [-0.05, 0) is 18.2 Å². The van der Waals surface area contributed by atoms with Crippen LogP contribution in [0, 0.1) is 0 Å². The first-order valence-corrected chi connectivity index (χ1v) is 13.6. The minimum atomic E-state index is -2.07. The number of phenolic OH excluding ortho intramolecular Hbond substituents is 2. The highest BCUT2D eigenvalue weighted by molar-refractivity contribution is 5.86. The molecule has 2 saturated heterocycles. The SMILES string of the molecule is COc1ccc(-c2cc(=O)c3c(O)cc(O[C@@H]4OC(COC(C)=O)[C@@H](O)[C@H](O)C4O[C@@H]4OCC(O)(CO)[C@@H]4O)cc3o2)cc1O. The molecule has 0 spiro atoms. The molecular formula is C29H32O16. The molecular weight excluding hydrogens is 604 g/mol. The topological polar surface area (TPSA) is 244 Å². The van der Waals surface area contributed by atoms with Crippen LogP contribution in [-0.2, 0) is 23.7 Å². The molecule has 0 radical (unpaired) electrons. The van der Waals surface area contributed by atoms with Crippen molar-refractivity contribution in [3.63, 3.8) is 0 Å². The monoisotopic (exact) mass is 636 g/mol. The van der Waals surface area contributed by atoms with Crippen molar-refractivity contribution in [2.24, 2.45) is 0 Å². The van der Waals surface area contributed by atoms with E-state index in [0.29, 0.717) is 5.56 Å². The molecule has 2 aliphatic heterocycles. The second-order valence-electron chi connectivity index (χ2n) is 10.6. The molecule has 16 heteroatoms. The zero-order valence-electron chi connectivity index (χ0n) is 23.9. The molecule has 3 aromatic rings. The van der Waals surface area contributed by atoms with Crippen molar-refractivity contribution in [2.45, 2.75) is 55.6 Å². The van der Waals surface area contributed by atoms with Crippen LogP contribution in [0.2, 0.25) is 0 Å². The second-order valence-corrected chi connectivity index (χ2v) is 10.6. The van der Waals surface area contributed by atoms with Crippen LogP contribution in [0.3, 0.4) is 0 Å². The summed E-state index contributed by atoms with van der Waals surface area (Å²) in [4.78, 5) is 24.3. The maximum Gasteiger partial charge on any atom is 0.302 e. The molecule has 3 heterocycles. The van der Waals surface area contributed by atoms with Crippen LogP contribution in [0.5, 0.6) is 23.0 Å². The molecule has 2 aromatic carbocycles. The molecule has 0 aliphatic carbocycles. The van der Waals surface area contributed by atoms with Crippen molar-refractivity contribution < 1.29 is 73.4 Å². The largest absolute Gasteiger partial charge is 0.507 e. The minimum Gasteiger partial charge on any atom is -0.507 e. The molecule has 45 heavy (non-hydrogen) atoms. The van der Waals surface area contributed by atoms with Gasteiger partial charge in [-0.1, -0.05) is 0 Å². The molecule has 3 unspecified atom stereocenters. The van der Waals surface area contributed by atoms with Crippen LogP contribution in [0.1, 0.15) is 6.92 Å². The van der Waals surface area contributed by atoms with Gasteiger partial charge in [0.1, 0.15) is 64.9 Å². The predicted octanol–water partition coefficient (Wildman–Crippen LogP) is -0.906. The van der Waals surface area contributed by atoms with Crippen LogP contribution in [0.15, 0.2) is 45.6 Å². The van der Waals surface area contributed by atoms with Gasteiger partial charge in [0.05, 0.1) is 20.3 Å². The number of rotatable bonds is 9. The van der Waals surface area contributed by atoms with Crippen LogP contribution < -0.4 is 14.9 Å². The lowest BCUT2D eigenvalue weighted by Gasteiger charge is -2.42. The van der Waals surface area contributed by atoms with E-state index < -0.39 is 85.7 Å². The standard InChI is InChI=1S/C29H32O16/c1-12(31)40-9-21-23(35)24(36)25(45-28-26(37)29(38,10-30)11-41-28)27(44-21)42-14-6-16(33)22-17(34)8-19(43-20(22)7-14)13-3-4-18(39-2)15(32)5-13/h3-8,21,23-28,30,32-33,35-38H,9-11H2,1-2H3/t21?,23-,24+,25?,26-,27-,28+,29?/m1/s1. The number of aliphatic hydroxyl groups excluding tert-OH is 4. The van der Waals surface area contributed by atoms with Gasteiger partial charge in [0.15, 0.2) is 29.3 Å². The van der Waals surface area contributed by atoms with E-state index in [1.165, 1.54) is 31.4 Å². The maximum absolute atomic E-state index is 12.9. The summed E-state index contributed by atoms with van der Waals surface area (Å²) in [7, 11) is 1.37. The van der Waals surface area contributed by atoms with Gasteiger partial charge in [-0.15, -0.1) is 0 Å². The Bertz CT molecular complexity index is 1610. The van der Waals surface area contributed by atoms with Gasteiger partial charge in [0, 0.05) is 30.7 Å². The number of aromatic hydroxyl groups is 2. The Morgan fingerprint density at radius 2 is 1.80 bits per heavy atom. The third-order valence-electron chi connectivity index (χ3n) is 7.47. The fraction of sp³-hybridized carbons (Fsp3) is 0.448. The number of fused-ring (bicyclic) bond motifs is 1. The molecule has 2 fully saturated rings. The van der Waals surface area contributed by atoms with Crippen LogP contribution in [0.4, 0.5) is 0 Å². The van der Waals surface area contributed by atoms with Crippen molar-refractivity contribution in [3.05, 3.63) is 46.6 Å². The summed E-state index contributed by atoms with van der Waals surface area (Å²) in [5.74, 6) is -1.41. The first-order valence-electron chi connectivity index (χ1n) is 13.6. The van der Waals surface area contributed by atoms with Crippen molar-refractivity contribution in [1.29, 1.82) is 0 Å². The summed E-state index contributed by atoms with van der Waals surface area (Å²) in [5.41, 5.74) is -2.52. The van der Waals surface area contributed by atoms with Crippen molar-refractivity contribution in [2.75, 3.05) is 26.9 Å². The number of esters is 1. The number of phenols is 2. The normalized spacial score (nSPS) is 29.9. The molecule has 0 saturated carbocycles. The van der Waals surface area contributed by atoms with E-state index in [-0.39, 0.29) is 34.0 Å². The lowest BCUT2D eigenvalue weighted by molar-refractivity contribution is -0.319. The average Bonchev–Trinajstić information content (AvgIpc) is 3.28. The third-order valence-corrected chi connectivity index (χ3v) is 7.47. The van der Waals surface area contributed by atoms with Crippen molar-refractivity contribution in [1.82, 2.24) is 0 Å². The Balaban J connectivity index is 1.49. The van der Waals surface area contributed by atoms with Crippen LogP contribution in [0.25, 0.3) is 22.3 Å². The van der Waals surface area contributed by atoms with Crippen LogP contribution in [-0.4, -0.2) is 117 Å². The summed E-state index contributed by atoms with van der Waals surface area (Å²) < 4.78 is 38.4. The Hall–Kier alpha value is -4.00. The third kappa shape index (κ3) is 6.40. The Morgan fingerprint density at radius 1 is 1.04 bits per heavy atom. The number of carbonyl (C=O) groups excluding carboxylic acids is 1. The highest BCUT2D eigenvalue weighted by Gasteiger charge is 2.53. The Kier molecular flexibility index (Phi) is 9.20. The van der Waals surface area contributed by atoms with Crippen LogP contribution >= 0.6 is 0 Å². The number of carbonyl (C=O) groups is 1.